The quantitative estimate of drug-likeness (QED) is 0.798. The highest BCUT2D eigenvalue weighted by Gasteiger charge is 2.17. The average Bonchev–Trinajstić information content (AvgIpc) is 2.34. The Bertz CT molecular complexity index is 409. The van der Waals surface area contributed by atoms with Crippen molar-refractivity contribution in [3.8, 4) is 6.07 Å². The van der Waals surface area contributed by atoms with E-state index in [1.807, 2.05) is 23.9 Å². The maximum Gasteiger partial charge on any atom is 0.101 e. The van der Waals surface area contributed by atoms with E-state index in [1.54, 1.807) is 0 Å². The molecule has 0 aliphatic heterocycles. The molecule has 0 fully saturated rings. The van der Waals surface area contributed by atoms with Crippen molar-refractivity contribution in [2.45, 2.75) is 26.3 Å². The molecule has 1 aromatic rings. The van der Waals surface area contributed by atoms with Crippen LogP contribution in [0, 0.1) is 18.3 Å². The van der Waals surface area contributed by atoms with E-state index in [9.17, 15) is 5.26 Å². The number of nitrogens with zero attached hydrogens (tertiary/aromatic N) is 2. The molecule has 0 aliphatic rings. The topological polar surface area (TPSA) is 27.0 Å². The summed E-state index contributed by atoms with van der Waals surface area (Å²) >= 11 is 1.85. The molecule has 0 heterocycles. The fraction of sp³-hybridized carbons (Fsp3) is 0.500. The molecule has 0 aromatic heterocycles. The Morgan fingerprint density at radius 1 is 1.47 bits per heavy atom. The fourth-order valence-electron chi connectivity index (χ4n) is 2.10. The molecule has 0 saturated carbocycles. The van der Waals surface area contributed by atoms with Crippen molar-refractivity contribution in [3.63, 3.8) is 0 Å². The summed E-state index contributed by atoms with van der Waals surface area (Å²) in [5, 5.41) is 9.19. The maximum atomic E-state index is 9.19. The van der Waals surface area contributed by atoms with Crippen LogP contribution >= 0.6 is 11.8 Å². The summed E-state index contributed by atoms with van der Waals surface area (Å²) in [4.78, 5) is 2.25. The van der Waals surface area contributed by atoms with Crippen molar-refractivity contribution >= 4 is 17.4 Å². The first-order valence-electron chi connectivity index (χ1n) is 5.87. The normalized spacial score (nSPS) is 11.9. The number of para-hydroxylation sites is 1. The van der Waals surface area contributed by atoms with E-state index < -0.39 is 0 Å². The second kappa shape index (κ2) is 6.56. The van der Waals surface area contributed by atoms with Crippen molar-refractivity contribution in [3.05, 3.63) is 29.3 Å². The fourth-order valence-corrected chi connectivity index (χ4v) is 2.94. The first-order valence-corrected chi connectivity index (χ1v) is 7.26. The summed E-state index contributed by atoms with van der Waals surface area (Å²) in [5.74, 6) is 1.09. The summed E-state index contributed by atoms with van der Waals surface area (Å²) in [7, 11) is 2.09. The molecule has 0 amide bonds. The minimum atomic E-state index is 0.484. The number of hydrogen-bond donors (Lipinski definition) is 0. The van der Waals surface area contributed by atoms with Gasteiger partial charge in [-0.05, 0) is 31.2 Å². The Kier molecular flexibility index (Phi) is 5.37. The van der Waals surface area contributed by atoms with Crippen LogP contribution in [0.15, 0.2) is 18.2 Å². The molecule has 17 heavy (non-hydrogen) atoms. The van der Waals surface area contributed by atoms with Gasteiger partial charge in [0.1, 0.15) is 6.07 Å². The summed E-state index contributed by atoms with van der Waals surface area (Å²) < 4.78 is 0. The molecule has 0 radical (unpaired) electrons. The van der Waals surface area contributed by atoms with E-state index in [4.69, 9.17) is 0 Å². The van der Waals surface area contributed by atoms with Crippen LogP contribution in [0.1, 0.15) is 24.5 Å². The Labute approximate surface area is 109 Å². The minimum absolute atomic E-state index is 0.484. The van der Waals surface area contributed by atoms with Gasteiger partial charge in [0.25, 0.3) is 0 Å². The van der Waals surface area contributed by atoms with Gasteiger partial charge in [-0.25, -0.2) is 0 Å². The first-order chi connectivity index (χ1) is 8.15. The second-order valence-electron chi connectivity index (χ2n) is 4.21. The zero-order valence-corrected chi connectivity index (χ0v) is 11.8. The van der Waals surface area contributed by atoms with Gasteiger partial charge in [0.05, 0.1) is 11.3 Å². The van der Waals surface area contributed by atoms with Crippen molar-refractivity contribution in [1.29, 1.82) is 5.26 Å². The summed E-state index contributed by atoms with van der Waals surface area (Å²) in [6.07, 6.45) is 3.22. The van der Waals surface area contributed by atoms with Crippen LogP contribution in [0.2, 0.25) is 0 Å². The molecule has 0 aliphatic carbocycles. The number of benzene rings is 1. The van der Waals surface area contributed by atoms with Crippen LogP contribution in [-0.2, 0) is 0 Å². The Morgan fingerprint density at radius 3 is 2.71 bits per heavy atom. The predicted octanol–water partition coefficient (Wildman–Crippen LogP) is 3.44. The monoisotopic (exact) mass is 248 g/mol. The van der Waals surface area contributed by atoms with Crippen LogP contribution in [-0.4, -0.2) is 25.1 Å². The van der Waals surface area contributed by atoms with Gasteiger partial charge in [-0.2, -0.15) is 17.0 Å². The van der Waals surface area contributed by atoms with Crippen molar-refractivity contribution in [1.82, 2.24) is 0 Å². The summed E-state index contributed by atoms with van der Waals surface area (Å²) in [6.45, 7) is 4.26. The number of anilines is 1. The third-order valence-electron chi connectivity index (χ3n) is 3.09. The van der Waals surface area contributed by atoms with E-state index in [2.05, 4.69) is 44.2 Å². The van der Waals surface area contributed by atoms with Crippen LogP contribution in [0.5, 0.6) is 0 Å². The molecule has 0 N–H and O–H groups in total. The minimum Gasteiger partial charge on any atom is -0.370 e. The number of thioether (sulfide) groups is 1. The van der Waals surface area contributed by atoms with E-state index in [0.717, 1.165) is 23.4 Å². The average molecular weight is 248 g/mol. The first kappa shape index (κ1) is 13.9. The third-order valence-corrected chi connectivity index (χ3v) is 3.81. The van der Waals surface area contributed by atoms with Crippen molar-refractivity contribution in [2.75, 3.05) is 24.0 Å². The number of hydrogen-bond acceptors (Lipinski definition) is 3. The van der Waals surface area contributed by atoms with Crippen LogP contribution in [0.3, 0.4) is 0 Å². The Balaban J connectivity index is 3.10. The highest BCUT2D eigenvalue weighted by molar-refractivity contribution is 7.98. The van der Waals surface area contributed by atoms with Crippen LogP contribution in [0.25, 0.3) is 0 Å². The largest absolute Gasteiger partial charge is 0.370 e. The Morgan fingerprint density at radius 2 is 2.18 bits per heavy atom. The predicted molar refractivity (Wildman–Crippen MR) is 76.8 cm³/mol. The number of nitriles is 1. The molecule has 1 unspecified atom stereocenters. The van der Waals surface area contributed by atoms with Crippen molar-refractivity contribution in [2.24, 2.45) is 0 Å². The van der Waals surface area contributed by atoms with Crippen LogP contribution in [0.4, 0.5) is 5.69 Å². The zero-order valence-electron chi connectivity index (χ0n) is 11.0. The summed E-state index contributed by atoms with van der Waals surface area (Å²) in [6, 6.07) is 8.68. The lowest BCUT2D eigenvalue weighted by atomic mass is 10.1. The molecular formula is C14H20N2S. The molecule has 0 bridgehead atoms. The van der Waals surface area contributed by atoms with Gasteiger partial charge in [0.2, 0.25) is 0 Å². The lowest BCUT2D eigenvalue weighted by Gasteiger charge is -2.30. The van der Waals surface area contributed by atoms with Crippen molar-refractivity contribution < 1.29 is 0 Å². The lowest BCUT2D eigenvalue weighted by molar-refractivity contribution is 0.671. The standard InChI is InChI=1S/C14H20N2S/c1-5-13(10-17-4)16(3)14-11(2)7-6-8-12(14)9-15/h6-8,13H,5,10H2,1-4H3. The maximum absolute atomic E-state index is 9.19. The molecule has 1 aromatic carbocycles. The molecule has 0 saturated heterocycles. The van der Waals surface area contributed by atoms with Gasteiger partial charge in [-0.3, -0.25) is 0 Å². The molecule has 1 rings (SSSR count). The molecule has 92 valence electrons. The van der Waals surface area contributed by atoms with E-state index in [0.29, 0.717) is 6.04 Å². The molecular weight excluding hydrogens is 228 g/mol. The molecule has 3 heteroatoms. The zero-order chi connectivity index (χ0) is 12.8. The molecule has 2 nitrogen and oxygen atoms in total. The van der Waals surface area contributed by atoms with Gasteiger partial charge in [0, 0.05) is 18.8 Å². The Hall–Kier alpha value is -1.14. The smallest absolute Gasteiger partial charge is 0.101 e. The molecule has 1 atom stereocenters. The van der Waals surface area contributed by atoms with E-state index in [-0.39, 0.29) is 0 Å². The molecule has 0 spiro atoms. The second-order valence-corrected chi connectivity index (χ2v) is 5.12. The van der Waals surface area contributed by atoms with Gasteiger partial charge in [-0.15, -0.1) is 0 Å². The lowest BCUT2D eigenvalue weighted by Crippen LogP contribution is -2.34. The number of aryl methyl sites for hydroxylation is 1. The third kappa shape index (κ3) is 3.17. The highest BCUT2D eigenvalue weighted by Crippen LogP contribution is 2.26. The van der Waals surface area contributed by atoms with Gasteiger partial charge in [0.15, 0.2) is 0 Å². The van der Waals surface area contributed by atoms with Gasteiger partial charge in [-0.1, -0.05) is 19.1 Å². The number of rotatable bonds is 5. The van der Waals surface area contributed by atoms with Crippen LogP contribution < -0.4 is 4.90 Å². The summed E-state index contributed by atoms with van der Waals surface area (Å²) in [5.41, 5.74) is 3.02. The van der Waals surface area contributed by atoms with E-state index >= 15 is 0 Å². The highest BCUT2D eigenvalue weighted by atomic mass is 32.2. The SMILES string of the molecule is CCC(CSC)N(C)c1c(C)cccc1C#N. The van der Waals surface area contributed by atoms with Gasteiger partial charge >= 0.3 is 0 Å². The van der Waals surface area contributed by atoms with E-state index in [1.165, 1.54) is 5.56 Å². The van der Waals surface area contributed by atoms with Gasteiger partial charge < -0.3 is 4.90 Å².